The summed E-state index contributed by atoms with van der Waals surface area (Å²) < 4.78 is 7.13. The van der Waals surface area contributed by atoms with Crippen LogP contribution >= 0.6 is 0 Å². The number of aromatic nitrogens is 2. The lowest BCUT2D eigenvalue weighted by molar-refractivity contribution is -0.131. The number of nitrogens with one attached hydrogen (secondary N) is 1. The summed E-state index contributed by atoms with van der Waals surface area (Å²) in [6.07, 6.45) is 3.95. The Bertz CT molecular complexity index is 336. The van der Waals surface area contributed by atoms with Crippen LogP contribution in [-0.4, -0.2) is 34.7 Å². The zero-order chi connectivity index (χ0) is 12.0. The number of amides is 1. The van der Waals surface area contributed by atoms with E-state index in [1.807, 2.05) is 18.5 Å². The van der Waals surface area contributed by atoms with Crippen LogP contribution in [-0.2, 0) is 23.0 Å². The van der Waals surface area contributed by atoms with Gasteiger partial charge in [-0.2, -0.15) is 0 Å². The topological polar surface area (TPSA) is 56.1 Å². The predicted molar refractivity (Wildman–Crippen MR) is 61.0 cm³/mol. The number of aryl methyl sites for hydroxylation is 1. The fourth-order valence-corrected chi connectivity index (χ4v) is 1.41. The van der Waals surface area contributed by atoms with Gasteiger partial charge < -0.3 is 14.6 Å². The predicted octanol–water partition coefficient (Wildman–Crippen LogP) is 0.504. The largest absolute Gasteiger partial charge is 0.369 e. The summed E-state index contributed by atoms with van der Waals surface area (Å²) in [5.41, 5.74) is 1.10. The molecule has 0 saturated carbocycles. The van der Waals surface area contributed by atoms with Crippen molar-refractivity contribution in [2.45, 2.75) is 26.4 Å². The molecule has 90 valence electrons. The second-order valence-corrected chi connectivity index (χ2v) is 3.63. The SMILES string of the molecule is CCO[C@H](C)C(=O)NCCc1cncn1C. The molecular weight excluding hydrogens is 206 g/mol. The average Bonchev–Trinajstić information content (AvgIpc) is 2.65. The van der Waals surface area contributed by atoms with Crippen molar-refractivity contribution in [2.75, 3.05) is 13.2 Å². The van der Waals surface area contributed by atoms with E-state index in [9.17, 15) is 4.79 Å². The zero-order valence-electron chi connectivity index (χ0n) is 10.1. The van der Waals surface area contributed by atoms with Gasteiger partial charge in [0.25, 0.3) is 0 Å². The maximum absolute atomic E-state index is 11.5. The standard InChI is InChI=1S/C11H19N3O2/c1-4-16-9(2)11(15)13-6-5-10-7-12-8-14(10)3/h7-9H,4-6H2,1-3H3,(H,13,15)/t9-/m1/s1. The summed E-state index contributed by atoms with van der Waals surface area (Å²) in [5.74, 6) is -0.0657. The van der Waals surface area contributed by atoms with Gasteiger partial charge in [-0.25, -0.2) is 4.98 Å². The first-order valence-corrected chi connectivity index (χ1v) is 5.49. The number of carbonyl (C=O) groups is 1. The molecule has 1 heterocycles. The molecule has 0 spiro atoms. The third-order valence-electron chi connectivity index (χ3n) is 2.38. The number of imidazole rings is 1. The first-order chi connectivity index (χ1) is 7.65. The van der Waals surface area contributed by atoms with E-state index in [0.717, 1.165) is 12.1 Å². The van der Waals surface area contributed by atoms with Gasteiger partial charge in [-0.3, -0.25) is 4.79 Å². The lowest BCUT2D eigenvalue weighted by Gasteiger charge is -2.11. The Balaban J connectivity index is 2.25. The van der Waals surface area contributed by atoms with Crippen LogP contribution in [0.2, 0.25) is 0 Å². The molecular formula is C11H19N3O2. The van der Waals surface area contributed by atoms with Gasteiger partial charge >= 0.3 is 0 Å². The molecule has 0 unspecified atom stereocenters. The molecule has 0 aliphatic carbocycles. The third kappa shape index (κ3) is 3.66. The molecule has 1 amide bonds. The Kier molecular flexibility index (Phi) is 4.98. The van der Waals surface area contributed by atoms with Crippen LogP contribution in [0, 0.1) is 0 Å². The highest BCUT2D eigenvalue weighted by Crippen LogP contribution is 1.96. The molecule has 0 aliphatic rings. The molecule has 0 saturated heterocycles. The third-order valence-corrected chi connectivity index (χ3v) is 2.38. The van der Waals surface area contributed by atoms with Gasteiger partial charge in [-0.05, 0) is 13.8 Å². The lowest BCUT2D eigenvalue weighted by Crippen LogP contribution is -2.35. The van der Waals surface area contributed by atoms with Gasteiger partial charge in [-0.15, -0.1) is 0 Å². The van der Waals surface area contributed by atoms with Crippen LogP contribution in [0.5, 0.6) is 0 Å². The Morgan fingerprint density at radius 2 is 2.44 bits per heavy atom. The molecule has 5 nitrogen and oxygen atoms in total. The first-order valence-electron chi connectivity index (χ1n) is 5.49. The summed E-state index contributed by atoms with van der Waals surface area (Å²) in [4.78, 5) is 15.5. The van der Waals surface area contributed by atoms with Gasteiger partial charge in [0.2, 0.25) is 5.91 Å². The van der Waals surface area contributed by atoms with Crippen molar-refractivity contribution in [2.24, 2.45) is 7.05 Å². The molecule has 1 atom stereocenters. The maximum atomic E-state index is 11.5. The number of rotatable bonds is 6. The Morgan fingerprint density at radius 1 is 1.69 bits per heavy atom. The van der Waals surface area contributed by atoms with Crippen molar-refractivity contribution >= 4 is 5.91 Å². The summed E-state index contributed by atoms with van der Waals surface area (Å²) >= 11 is 0. The second kappa shape index (κ2) is 6.27. The number of hydrogen-bond acceptors (Lipinski definition) is 3. The lowest BCUT2D eigenvalue weighted by atomic mass is 10.3. The molecule has 16 heavy (non-hydrogen) atoms. The minimum absolute atomic E-state index is 0.0657. The fraction of sp³-hybridized carbons (Fsp3) is 0.636. The molecule has 1 rings (SSSR count). The highest BCUT2D eigenvalue weighted by atomic mass is 16.5. The van der Waals surface area contributed by atoms with Crippen LogP contribution < -0.4 is 5.32 Å². The molecule has 1 aromatic heterocycles. The molecule has 0 aromatic carbocycles. The summed E-state index contributed by atoms with van der Waals surface area (Å²) in [5, 5.41) is 2.83. The van der Waals surface area contributed by atoms with E-state index < -0.39 is 0 Å². The summed E-state index contributed by atoms with van der Waals surface area (Å²) in [7, 11) is 1.94. The quantitative estimate of drug-likeness (QED) is 0.767. The number of nitrogens with zero attached hydrogens (tertiary/aromatic N) is 2. The molecule has 0 aliphatic heterocycles. The number of ether oxygens (including phenoxy) is 1. The Labute approximate surface area is 95.8 Å². The van der Waals surface area contributed by atoms with Crippen LogP contribution in [0.15, 0.2) is 12.5 Å². The average molecular weight is 225 g/mol. The fourth-order valence-electron chi connectivity index (χ4n) is 1.41. The van der Waals surface area contributed by atoms with Crippen LogP contribution in [0.25, 0.3) is 0 Å². The number of carbonyl (C=O) groups excluding carboxylic acids is 1. The molecule has 0 fully saturated rings. The minimum Gasteiger partial charge on any atom is -0.369 e. The van der Waals surface area contributed by atoms with Crippen molar-refractivity contribution in [3.05, 3.63) is 18.2 Å². The van der Waals surface area contributed by atoms with Crippen LogP contribution in [0.4, 0.5) is 0 Å². The molecule has 1 N–H and O–H groups in total. The highest BCUT2D eigenvalue weighted by molar-refractivity contribution is 5.80. The van der Waals surface area contributed by atoms with Gasteiger partial charge in [0, 0.05) is 38.5 Å². The van der Waals surface area contributed by atoms with E-state index >= 15 is 0 Å². The Morgan fingerprint density at radius 3 is 3.00 bits per heavy atom. The Hall–Kier alpha value is -1.36. The maximum Gasteiger partial charge on any atom is 0.248 e. The van der Waals surface area contributed by atoms with Crippen molar-refractivity contribution in [3.8, 4) is 0 Å². The van der Waals surface area contributed by atoms with Gasteiger partial charge in [0.1, 0.15) is 6.10 Å². The van der Waals surface area contributed by atoms with Crippen molar-refractivity contribution in [3.63, 3.8) is 0 Å². The van der Waals surface area contributed by atoms with E-state index in [1.54, 1.807) is 19.4 Å². The van der Waals surface area contributed by atoms with E-state index in [4.69, 9.17) is 4.74 Å². The summed E-state index contributed by atoms with van der Waals surface area (Å²) in [6.45, 7) is 4.79. The highest BCUT2D eigenvalue weighted by Gasteiger charge is 2.11. The van der Waals surface area contributed by atoms with Crippen LogP contribution in [0.3, 0.4) is 0 Å². The van der Waals surface area contributed by atoms with E-state index in [1.165, 1.54) is 0 Å². The molecule has 0 bridgehead atoms. The van der Waals surface area contributed by atoms with Gasteiger partial charge in [0.05, 0.1) is 6.33 Å². The van der Waals surface area contributed by atoms with Gasteiger partial charge in [-0.1, -0.05) is 0 Å². The van der Waals surface area contributed by atoms with Crippen molar-refractivity contribution in [1.29, 1.82) is 0 Å². The first kappa shape index (κ1) is 12.7. The minimum atomic E-state index is -0.378. The summed E-state index contributed by atoms with van der Waals surface area (Å²) in [6, 6.07) is 0. The van der Waals surface area contributed by atoms with E-state index in [0.29, 0.717) is 13.2 Å². The zero-order valence-corrected chi connectivity index (χ0v) is 10.1. The smallest absolute Gasteiger partial charge is 0.248 e. The normalized spacial score (nSPS) is 12.4. The van der Waals surface area contributed by atoms with Gasteiger partial charge in [0.15, 0.2) is 0 Å². The van der Waals surface area contributed by atoms with Crippen LogP contribution in [0.1, 0.15) is 19.5 Å². The monoisotopic (exact) mass is 225 g/mol. The molecule has 1 aromatic rings. The van der Waals surface area contributed by atoms with Crippen molar-refractivity contribution in [1.82, 2.24) is 14.9 Å². The molecule has 0 radical (unpaired) electrons. The molecule has 5 heteroatoms. The van der Waals surface area contributed by atoms with Crippen molar-refractivity contribution < 1.29 is 9.53 Å². The second-order valence-electron chi connectivity index (χ2n) is 3.63. The van der Waals surface area contributed by atoms with E-state index in [2.05, 4.69) is 10.3 Å². The number of hydrogen-bond donors (Lipinski definition) is 1. The van der Waals surface area contributed by atoms with E-state index in [-0.39, 0.29) is 12.0 Å².